The van der Waals surface area contributed by atoms with Crippen LogP contribution in [0.3, 0.4) is 0 Å². The summed E-state index contributed by atoms with van der Waals surface area (Å²) in [5.74, 6) is 0.511. The number of rotatable bonds is 3. The normalized spacial score (nSPS) is 18.2. The first kappa shape index (κ1) is 15.0. The minimum atomic E-state index is -0.0282. The predicted molar refractivity (Wildman–Crippen MR) is 89.2 cm³/mol. The van der Waals surface area contributed by atoms with Crippen molar-refractivity contribution >= 4 is 23.3 Å². The van der Waals surface area contributed by atoms with E-state index in [9.17, 15) is 4.79 Å². The van der Waals surface area contributed by atoms with Gasteiger partial charge in [0.25, 0.3) is 0 Å². The van der Waals surface area contributed by atoms with Crippen molar-refractivity contribution in [2.24, 2.45) is 5.92 Å². The van der Waals surface area contributed by atoms with Gasteiger partial charge in [-0.05, 0) is 55.2 Å². The van der Waals surface area contributed by atoms with Crippen LogP contribution in [0.2, 0.25) is 5.02 Å². The number of hydrogen-bond acceptors (Lipinski definition) is 1. The number of hydrogen-bond donors (Lipinski definition) is 1. The zero-order chi connectivity index (χ0) is 15.4. The van der Waals surface area contributed by atoms with Gasteiger partial charge in [-0.3, -0.25) is 0 Å². The van der Waals surface area contributed by atoms with Gasteiger partial charge in [0, 0.05) is 42.7 Å². The van der Waals surface area contributed by atoms with Gasteiger partial charge in [-0.15, -0.1) is 0 Å². The van der Waals surface area contributed by atoms with Crippen LogP contribution in [0.1, 0.15) is 12.8 Å². The van der Waals surface area contributed by atoms with Crippen molar-refractivity contribution in [1.29, 1.82) is 0 Å². The Bertz CT molecular complexity index is 609. The molecule has 1 aromatic carbocycles. The van der Waals surface area contributed by atoms with E-state index in [1.807, 2.05) is 29.2 Å². The minimum absolute atomic E-state index is 0.0282. The molecule has 5 heteroatoms. The van der Waals surface area contributed by atoms with Crippen LogP contribution in [0.4, 0.5) is 10.5 Å². The number of carbonyl (C=O) groups is 1. The molecule has 1 aromatic heterocycles. The highest BCUT2D eigenvalue weighted by Crippen LogP contribution is 2.20. The molecule has 1 saturated heterocycles. The second kappa shape index (κ2) is 6.88. The van der Waals surface area contributed by atoms with E-state index >= 15 is 0 Å². The Kier molecular flexibility index (Phi) is 4.68. The summed E-state index contributed by atoms with van der Waals surface area (Å²) >= 11 is 5.86. The van der Waals surface area contributed by atoms with E-state index in [2.05, 4.69) is 22.3 Å². The molecule has 116 valence electrons. The first-order chi connectivity index (χ1) is 10.7. The van der Waals surface area contributed by atoms with Gasteiger partial charge >= 0.3 is 6.03 Å². The van der Waals surface area contributed by atoms with Crippen LogP contribution in [0.5, 0.6) is 0 Å². The molecule has 1 aliphatic rings. The molecule has 22 heavy (non-hydrogen) atoms. The number of likely N-dealkylation sites (tertiary alicyclic amines) is 1. The number of nitrogens with zero attached hydrogens (tertiary/aromatic N) is 2. The standard InChI is InChI=1S/C17H20ClN3O/c18-15-5-7-16(8-6-15)19-17(22)21-11-3-4-14(13-21)12-20-9-1-2-10-20/h1-2,5-10,14H,3-4,11-13H2,(H,19,22)/t14-/m0/s1. The molecule has 2 heterocycles. The maximum absolute atomic E-state index is 12.4. The first-order valence-corrected chi connectivity index (χ1v) is 8.01. The highest BCUT2D eigenvalue weighted by Gasteiger charge is 2.23. The van der Waals surface area contributed by atoms with Gasteiger partial charge < -0.3 is 14.8 Å². The van der Waals surface area contributed by atoms with Crippen molar-refractivity contribution in [3.05, 3.63) is 53.8 Å². The summed E-state index contributed by atoms with van der Waals surface area (Å²) in [7, 11) is 0. The Morgan fingerprint density at radius 1 is 1.23 bits per heavy atom. The molecule has 2 amide bonds. The third-order valence-electron chi connectivity index (χ3n) is 4.04. The summed E-state index contributed by atoms with van der Waals surface area (Å²) in [6, 6.07) is 11.2. The quantitative estimate of drug-likeness (QED) is 0.909. The van der Waals surface area contributed by atoms with E-state index in [1.54, 1.807) is 12.1 Å². The van der Waals surface area contributed by atoms with Crippen LogP contribution in [0, 0.1) is 5.92 Å². The van der Waals surface area contributed by atoms with Crippen molar-refractivity contribution in [2.45, 2.75) is 19.4 Å². The maximum Gasteiger partial charge on any atom is 0.321 e. The molecule has 3 rings (SSSR count). The maximum atomic E-state index is 12.4. The van der Waals surface area contributed by atoms with Crippen LogP contribution < -0.4 is 5.32 Å². The summed E-state index contributed by atoms with van der Waals surface area (Å²) in [5, 5.41) is 3.61. The summed E-state index contributed by atoms with van der Waals surface area (Å²) in [4.78, 5) is 14.3. The number of benzene rings is 1. The molecular weight excluding hydrogens is 298 g/mol. The molecule has 0 aliphatic carbocycles. The van der Waals surface area contributed by atoms with Gasteiger partial charge in [-0.1, -0.05) is 11.6 Å². The summed E-state index contributed by atoms with van der Waals surface area (Å²) in [6.07, 6.45) is 6.38. The molecular formula is C17H20ClN3O. The Morgan fingerprint density at radius 2 is 1.95 bits per heavy atom. The molecule has 0 radical (unpaired) electrons. The first-order valence-electron chi connectivity index (χ1n) is 7.63. The van der Waals surface area contributed by atoms with Crippen LogP contribution in [0.15, 0.2) is 48.8 Å². The number of piperidine rings is 1. The zero-order valence-corrected chi connectivity index (χ0v) is 13.2. The second-order valence-corrected chi connectivity index (χ2v) is 6.21. The van der Waals surface area contributed by atoms with Gasteiger partial charge in [0.15, 0.2) is 0 Å². The van der Waals surface area contributed by atoms with Crippen LogP contribution in [-0.4, -0.2) is 28.6 Å². The third kappa shape index (κ3) is 3.83. The average molecular weight is 318 g/mol. The molecule has 1 aliphatic heterocycles. The number of carbonyl (C=O) groups excluding carboxylic acids is 1. The van der Waals surface area contributed by atoms with E-state index in [0.717, 1.165) is 31.7 Å². The summed E-state index contributed by atoms with van der Waals surface area (Å²) < 4.78 is 2.19. The van der Waals surface area contributed by atoms with Crippen molar-refractivity contribution in [3.63, 3.8) is 0 Å². The highest BCUT2D eigenvalue weighted by molar-refractivity contribution is 6.30. The molecule has 0 bridgehead atoms. The topological polar surface area (TPSA) is 37.3 Å². The number of amides is 2. The lowest BCUT2D eigenvalue weighted by Gasteiger charge is -2.33. The van der Waals surface area contributed by atoms with Gasteiger partial charge in [0.1, 0.15) is 0 Å². The van der Waals surface area contributed by atoms with Crippen molar-refractivity contribution in [2.75, 3.05) is 18.4 Å². The Hall–Kier alpha value is -1.94. The summed E-state index contributed by atoms with van der Waals surface area (Å²) in [6.45, 7) is 2.59. The highest BCUT2D eigenvalue weighted by atomic mass is 35.5. The van der Waals surface area contributed by atoms with Crippen molar-refractivity contribution in [3.8, 4) is 0 Å². The number of anilines is 1. The molecule has 0 spiro atoms. The Labute approximate surface area is 135 Å². The lowest BCUT2D eigenvalue weighted by atomic mass is 9.98. The fourth-order valence-corrected chi connectivity index (χ4v) is 3.05. The molecule has 0 saturated carbocycles. The third-order valence-corrected chi connectivity index (χ3v) is 4.29. The predicted octanol–water partition coefficient (Wildman–Crippen LogP) is 4.09. The smallest absolute Gasteiger partial charge is 0.321 e. The molecule has 2 aromatic rings. The molecule has 0 unspecified atom stereocenters. The molecule has 4 nitrogen and oxygen atoms in total. The van der Waals surface area contributed by atoms with E-state index < -0.39 is 0 Å². The Morgan fingerprint density at radius 3 is 2.68 bits per heavy atom. The summed E-state index contributed by atoms with van der Waals surface area (Å²) in [5.41, 5.74) is 0.780. The van der Waals surface area contributed by atoms with E-state index in [4.69, 9.17) is 11.6 Å². The Balaban J connectivity index is 1.56. The van der Waals surface area contributed by atoms with Gasteiger partial charge in [0.05, 0.1) is 0 Å². The van der Waals surface area contributed by atoms with Gasteiger partial charge in [0.2, 0.25) is 0 Å². The van der Waals surface area contributed by atoms with E-state index in [1.165, 1.54) is 6.42 Å². The van der Waals surface area contributed by atoms with Crippen molar-refractivity contribution in [1.82, 2.24) is 9.47 Å². The van der Waals surface area contributed by atoms with Crippen LogP contribution in [0.25, 0.3) is 0 Å². The second-order valence-electron chi connectivity index (χ2n) is 5.77. The number of urea groups is 1. The van der Waals surface area contributed by atoms with Crippen LogP contribution >= 0.6 is 11.6 Å². The van der Waals surface area contributed by atoms with Crippen LogP contribution in [-0.2, 0) is 6.54 Å². The van der Waals surface area contributed by atoms with Crippen molar-refractivity contribution < 1.29 is 4.79 Å². The minimum Gasteiger partial charge on any atom is -0.354 e. The number of aromatic nitrogens is 1. The van der Waals surface area contributed by atoms with E-state index in [0.29, 0.717) is 10.9 Å². The lowest BCUT2D eigenvalue weighted by Crippen LogP contribution is -2.43. The fourth-order valence-electron chi connectivity index (χ4n) is 2.92. The fraction of sp³-hybridized carbons (Fsp3) is 0.353. The number of nitrogens with one attached hydrogen (secondary N) is 1. The monoisotopic (exact) mass is 317 g/mol. The van der Waals surface area contributed by atoms with E-state index in [-0.39, 0.29) is 6.03 Å². The van der Waals surface area contributed by atoms with Gasteiger partial charge in [-0.25, -0.2) is 4.79 Å². The molecule has 1 N–H and O–H groups in total. The lowest BCUT2D eigenvalue weighted by molar-refractivity contribution is 0.170. The SMILES string of the molecule is O=C(Nc1ccc(Cl)cc1)N1CCC[C@@H](Cn2cccc2)C1. The van der Waals surface area contributed by atoms with Gasteiger partial charge in [-0.2, -0.15) is 0 Å². The number of halogens is 1. The zero-order valence-electron chi connectivity index (χ0n) is 12.4. The molecule has 1 atom stereocenters. The average Bonchev–Trinajstić information content (AvgIpc) is 3.03. The molecule has 1 fully saturated rings. The largest absolute Gasteiger partial charge is 0.354 e.